The second-order valence-electron chi connectivity index (χ2n) is 5.80. The number of hydrogen-bond acceptors (Lipinski definition) is 3. The van der Waals surface area contributed by atoms with E-state index in [2.05, 4.69) is 45.4 Å². The number of fused-ring (bicyclic) bond motifs is 1. The fourth-order valence-electron chi connectivity index (χ4n) is 3.00. The Balaban J connectivity index is 1.45. The molecule has 2 aromatic rings. The van der Waals surface area contributed by atoms with Gasteiger partial charge in [0.05, 0.1) is 0 Å². The van der Waals surface area contributed by atoms with Gasteiger partial charge in [0.1, 0.15) is 5.82 Å². The number of aryl methyl sites for hydroxylation is 2. The molecule has 0 spiro atoms. The van der Waals surface area contributed by atoms with Gasteiger partial charge in [-0.25, -0.2) is 4.98 Å². The van der Waals surface area contributed by atoms with Gasteiger partial charge in [-0.1, -0.05) is 12.1 Å². The molecule has 1 aromatic carbocycles. The lowest BCUT2D eigenvalue weighted by Crippen LogP contribution is -2.25. The summed E-state index contributed by atoms with van der Waals surface area (Å²) in [4.78, 5) is 9.74. The van der Waals surface area contributed by atoms with Crippen molar-refractivity contribution < 1.29 is 0 Å². The summed E-state index contributed by atoms with van der Waals surface area (Å²) in [6.07, 6.45) is 8.30. The minimum Gasteiger partial charge on any atom is -0.374 e. The van der Waals surface area contributed by atoms with Crippen LogP contribution in [-0.2, 0) is 19.4 Å². The lowest BCUT2D eigenvalue weighted by molar-refractivity contribution is 0.639. The minimum absolute atomic E-state index is 0.954. The average molecular weight is 284 g/mol. The summed E-state index contributed by atoms with van der Waals surface area (Å²) in [6, 6.07) is 6.89. The third-order valence-electron chi connectivity index (χ3n) is 4.15. The van der Waals surface area contributed by atoms with Crippen molar-refractivity contribution in [3.63, 3.8) is 0 Å². The molecule has 0 saturated heterocycles. The number of rotatable bonds is 6. The smallest absolute Gasteiger partial charge is 0.106 e. The molecule has 0 fully saturated rings. The lowest BCUT2D eigenvalue weighted by atomic mass is 9.99. The zero-order valence-electron chi connectivity index (χ0n) is 12.7. The van der Waals surface area contributed by atoms with Gasteiger partial charge in [-0.3, -0.25) is 0 Å². The maximum absolute atomic E-state index is 4.24. The fourth-order valence-corrected chi connectivity index (χ4v) is 3.00. The number of benzene rings is 1. The van der Waals surface area contributed by atoms with Crippen molar-refractivity contribution in [1.29, 1.82) is 0 Å². The highest BCUT2D eigenvalue weighted by Gasteiger charge is 2.13. The third-order valence-corrected chi connectivity index (χ3v) is 4.15. The molecule has 0 aliphatic carbocycles. The van der Waals surface area contributed by atoms with Gasteiger partial charge in [0.2, 0.25) is 0 Å². The molecule has 0 saturated carbocycles. The quantitative estimate of drug-likeness (QED) is 0.801. The zero-order chi connectivity index (χ0) is 14.5. The standard InChI is InChI=1S/C17H24N4/c1-21-11-3-4-15-12-14(6-7-16(15)21)13-18-8-2-5-17-19-9-10-20-17/h6-7,9-10,12,18H,2-5,8,11,13H2,1H3,(H,19,20). The van der Waals surface area contributed by atoms with Gasteiger partial charge in [-0.2, -0.15) is 0 Å². The first-order valence-corrected chi connectivity index (χ1v) is 7.85. The van der Waals surface area contributed by atoms with E-state index in [-0.39, 0.29) is 0 Å². The Hall–Kier alpha value is -1.81. The number of imidazole rings is 1. The molecule has 21 heavy (non-hydrogen) atoms. The lowest BCUT2D eigenvalue weighted by Gasteiger charge is -2.27. The summed E-state index contributed by atoms with van der Waals surface area (Å²) >= 11 is 0. The number of aromatic amines is 1. The Morgan fingerprint density at radius 3 is 3.19 bits per heavy atom. The van der Waals surface area contributed by atoms with Gasteiger partial charge >= 0.3 is 0 Å². The van der Waals surface area contributed by atoms with E-state index in [4.69, 9.17) is 0 Å². The largest absolute Gasteiger partial charge is 0.374 e. The zero-order valence-corrected chi connectivity index (χ0v) is 12.7. The fraction of sp³-hybridized carbons (Fsp3) is 0.471. The number of nitrogens with zero attached hydrogens (tertiary/aromatic N) is 2. The first-order valence-electron chi connectivity index (χ1n) is 7.85. The molecule has 0 atom stereocenters. The Morgan fingerprint density at radius 1 is 1.38 bits per heavy atom. The predicted molar refractivity (Wildman–Crippen MR) is 86.6 cm³/mol. The molecular weight excluding hydrogens is 260 g/mol. The average Bonchev–Trinajstić information content (AvgIpc) is 3.00. The summed E-state index contributed by atoms with van der Waals surface area (Å²) in [6.45, 7) is 3.16. The topological polar surface area (TPSA) is 44.0 Å². The molecule has 0 radical (unpaired) electrons. The molecule has 112 valence electrons. The number of hydrogen-bond donors (Lipinski definition) is 2. The van der Waals surface area contributed by atoms with Crippen LogP contribution in [0.4, 0.5) is 5.69 Å². The van der Waals surface area contributed by atoms with Crippen LogP contribution in [-0.4, -0.2) is 30.1 Å². The van der Waals surface area contributed by atoms with Crippen molar-refractivity contribution >= 4 is 5.69 Å². The number of aromatic nitrogens is 2. The van der Waals surface area contributed by atoms with Crippen LogP contribution in [0.1, 0.15) is 29.8 Å². The number of H-pyrrole nitrogens is 1. The second kappa shape index (κ2) is 6.76. The van der Waals surface area contributed by atoms with Crippen LogP contribution in [0.2, 0.25) is 0 Å². The first-order chi connectivity index (χ1) is 10.3. The van der Waals surface area contributed by atoms with Gasteiger partial charge in [0.25, 0.3) is 0 Å². The first kappa shape index (κ1) is 14.1. The third kappa shape index (κ3) is 3.64. The molecule has 1 aliphatic heterocycles. The highest BCUT2D eigenvalue weighted by atomic mass is 15.1. The molecule has 4 nitrogen and oxygen atoms in total. The van der Waals surface area contributed by atoms with Crippen LogP contribution in [0.25, 0.3) is 0 Å². The Morgan fingerprint density at radius 2 is 2.33 bits per heavy atom. The van der Waals surface area contributed by atoms with E-state index in [1.807, 2.05) is 12.4 Å². The van der Waals surface area contributed by atoms with Crippen molar-refractivity contribution in [3.05, 3.63) is 47.5 Å². The van der Waals surface area contributed by atoms with Gasteiger partial charge in [-0.05, 0) is 43.0 Å². The molecule has 2 N–H and O–H groups in total. The van der Waals surface area contributed by atoms with E-state index < -0.39 is 0 Å². The van der Waals surface area contributed by atoms with Crippen LogP contribution < -0.4 is 10.2 Å². The monoisotopic (exact) mass is 284 g/mol. The molecule has 1 aliphatic rings. The molecule has 0 bridgehead atoms. The predicted octanol–water partition coefficient (Wildman–Crippen LogP) is 2.51. The van der Waals surface area contributed by atoms with Crippen LogP contribution in [0.15, 0.2) is 30.6 Å². The SMILES string of the molecule is CN1CCCc2cc(CNCCCc3ncc[nH]3)ccc21. The molecule has 0 amide bonds. The molecule has 0 unspecified atom stereocenters. The van der Waals surface area contributed by atoms with Crippen molar-refractivity contribution in [1.82, 2.24) is 15.3 Å². The number of anilines is 1. The summed E-state index contributed by atoms with van der Waals surface area (Å²) in [5, 5.41) is 3.53. The van der Waals surface area contributed by atoms with Crippen LogP contribution in [0.3, 0.4) is 0 Å². The van der Waals surface area contributed by atoms with Gasteiger partial charge < -0.3 is 15.2 Å². The maximum Gasteiger partial charge on any atom is 0.106 e. The highest BCUT2D eigenvalue weighted by molar-refractivity contribution is 5.56. The Labute approximate surface area is 126 Å². The van der Waals surface area contributed by atoms with Gasteiger partial charge in [0.15, 0.2) is 0 Å². The second-order valence-corrected chi connectivity index (χ2v) is 5.80. The van der Waals surface area contributed by atoms with Crippen LogP contribution in [0.5, 0.6) is 0 Å². The Kier molecular flexibility index (Phi) is 4.55. The maximum atomic E-state index is 4.24. The molecule has 1 aromatic heterocycles. The Bertz CT molecular complexity index is 562. The normalized spacial score (nSPS) is 14.2. The van der Waals surface area contributed by atoms with Crippen LogP contribution in [0, 0.1) is 0 Å². The summed E-state index contributed by atoms with van der Waals surface area (Å²) in [7, 11) is 2.19. The van der Waals surface area contributed by atoms with Gasteiger partial charge in [0, 0.05) is 44.6 Å². The van der Waals surface area contributed by atoms with Crippen molar-refractivity contribution in [2.24, 2.45) is 0 Å². The van der Waals surface area contributed by atoms with E-state index in [1.165, 1.54) is 36.2 Å². The molecule has 4 heteroatoms. The van der Waals surface area contributed by atoms with E-state index >= 15 is 0 Å². The van der Waals surface area contributed by atoms with Crippen molar-refractivity contribution in [2.75, 3.05) is 25.0 Å². The van der Waals surface area contributed by atoms with E-state index in [1.54, 1.807) is 0 Å². The summed E-state index contributed by atoms with van der Waals surface area (Å²) in [5.74, 6) is 1.08. The summed E-state index contributed by atoms with van der Waals surface area (Å²) in [5.41, 5.74) is 4.29. The van der Waals surface area contributed by atoms with E-state index in [0.717, 1.165) is 31.8 Å². The van der Waals surface area contributed by atoms with E-state index in [9.17, 15) is 0 Å². The summed E-state index contributed by atoms with van der Waals surface area (Å²) < 4.78 is 0. The van der Waals surface area contributed by atoms with E-state index in [0.29, 0.717) is 0 Å². The van der Waals surface area contributed by atoms with Crippen molar-refractivity contribution in [2.45, 2.75) is 32.2 Å². The van der Waals surface area contributed by atoms with Gasteiger partial charge in [-0.15, -0.1) is 0 Å². The molecule has 3 rings (SSSR count). The number of nitrogens with one attached hydrogen (secondary N) is 2. The van der Waals surface area contributed by atoms with Crippen molar-refractivity contribution in [3.8, 4) is 0 Å². The highest BCUT2D eigenvalue weighted by Crippen LogP contribution is 2.26. The molecular formula is C17H24N4. The minimum atomic E-state index is 0.954. The van der Waals surface area contributed by atoms with Crippen LogP contribution >= 0.6 is 0 Å². The molecule has 2 heterocycles.